The summed E-state index contributed by atoms with van der Waals surface area (Å²) in [4.78, 5) is 24.9. The highest BCUT2D eigenvalue weighted by Gasteiger charge is 2.42. The van der Waals surface area contributed by atoms with Crippen LogP contribution in [0.3, 0.4) is 0 Å². The van der Waals surface area contributed by atoms with Crippen molar-refractivity contribution in [2.24, 2.45) is 5.73 Å². The normalized spacial score (nSPS) is 19.4. The van der Waals surface area contributed by atoms with Crippen molar-refractivity contribution in [2.45, 2.75) is 25.1 Å². The summed E-state index contributed by atoms with van der Waals surface area (Å²) in [6.45, 7) is -1.33. The average molecular weight is 522 g/mol. The first-order valence-electron chi connectivity index (χ1n) is 10.8. The molecule has 3 fully saturated rings. The third kappa shape index (κ3) is 4.81. The summed E-state index contributed by atoms with van der Waals surface area (Å²) in [6.07, 6.45) is 2.51. The first-order valence-corrected chi connectivity index (χ1v) is 12.0. The Morgan fingerprint density at radius 1 is 1.26 bits per heavy atom. The maximum absolute atomic E-state index is 13.2. The molecule has 3 saturated heterocycles. The number of rotatable bonds is 8. The van der Waals surface area contributed by atoms with Gasteiger partial charge in [-0.1, -0.05) is 11.6 Å². The van der Waals surface area contributed by atoms with E-state index in [-0.39, 0.29) is 28.2 Å². The highest BCUT2D eigenvalue weighted by molar-refractivity contribution is 7.12. The zero-order valence-corrected chi connectivity index (χ0v) is 20.1. The van der Waals surface area contributed by atoms with Crippen molar-refractivity contribution in [3.63, 3.8) is 0 Å². The fourth-order valence-electron chi connectivity index (χ4n) is 4.37. The molecule has 2 atom stereocenters. The highest BCUT2D eigenvalue weighted by Crippen LogP contribution is 2.38. The van der Waals surface area contributed by atoms with Gasteiger partial charge in [-0.3, -0.25) is 9.69 Å². The van der Waals surface area contributed by atoms with Crippen LogP contribution >= 0.6 is 22.9 Å². The van der Waals surface area contributed by atoms with Crippen LogP contribution in [0.15, 0.2) is 35.8 Å². The van der Waals surface area contributed by atoms with Crippen LogP contribution in [0.5, 0.6) is 5.75 Å². The van der Waals surface area contributed by atoms with Crippen molar-refractivity contribution in [3.05, 3.63) is 45.7 Å². The maximum atomic E-state index is 13.2. The standard InChI is InChI=1S/C22H22ClF2N7O2S/c1-31-12-6-13(31)10-32(9-12)11-2-3-15(17(7-11)34-21(24)25)29-22-27-8-14(23)20(30-22)28-16-4-5-35-18(16)19(26)33/h2-5,7-8,12-13,21H,6,9-10H2,1H3,(H2,26,33)(H2,27,28,29,30). The van der Waals surface area contributed by atoms with Gasteiger partial charge >= 0.3 is 6.61 Å². The molecule has 9 nitrogen and oxygen atoms in total. The Hall–Kier alpha value is -3.22. The molecule has 6 rings (SSSR count). The molecule has 184 valence electrons. The molecule has 13 heteroatoms. The van der Waals surface area contributed by atoms with E-state index in [1.54, 1.807) is 23.6 Å². The van der Waals surface area contributed by atoms with Crippen LogP contribution in [-0.2, 0) is 0 Å². The molecular weight excluding hydrogens is 500 g/mol. The monoisotopic (exact) mass is 521 g/mol. The number of carbonyl (C=O) groups excluding carboxylic acids is 1. The molecule has 35 heavy (non-hydrogen) atoms. The number of piperazine rings is 1. The number of halogens is 3. The first kappa shape index (κ1) is 23.5. The molecule has 2 aromatic heterocycles. The molecule has 3 aliphatic heterocycles. The predicted octanol–water partition coefficient (Wildman–Crippen LogP) is 4.27. The van der Waals surface area contributed by atoms with Gasteiger partial charge in [0.1, 0.15) is 9.90 Å². The van der Waals surface area contributed by atoms with Gasteiger partial charge in [0, 0.05) is 36.9 Å². The number of hydrogen-bond donors (Lipinski definition) is 3. The van der Waals surface area contributed by atoms with E-state index in [0.29, 0.717) is 22.6 Å². The molecule has 2 unspecified atom stereocenters. The summed E-state index contributed by atoms with van der Waals surface area (Å²) in [5.41, 5.74) is 6.93. The molecule has 2 bridgehead atoms. The summed E-state index contributed by atoms with van der Waals surface area (Å²) in [5, 5.41) is 7.79. The van der Waals surface area contributed by atoms with Crippen molar-refractivity contribution in [1.82, 2.24) is 14.9 Å². The maximum Gasteiger partial charge on any atom is 0.387 e. The van der Waals surface area contributed by atoms with Crippen molar-refractivity contribution in [1.29, 1.82) is 0 Å². The van der Waals surface area contributed by atoms with Crippen molar-refractivity contribution in [2.75, 3.05) is 35.7 Å². The minimum Gasteiger partial charge on any atom is -0.433 e. The lowest BCUT2D eigenvalue weighted by Crippen LogP contribution is -2.67. The van der Waals surface area contributed by atoms with Gasteiger partial charge in [0.15, 0.2) is 11.6 Å². The summed E-state index contributed by atoms with van der Waals surface area (Å²) in [6, 6.07) is 7.72. The number of carbonyl (C=O) groups is 1. The van der Waals surface area contributed by atoms with Gasteiger partial charge in [-0.25, -0.2) is 4.98 Å². The van der Waals surface area contributed by atoms with Crippen LogP contribution in [0.25, 0.3) is 0 Å². The summed E-state index contributed by atoms with van der Waals surface area (Å²) < 4.78 is 31.2. The number of benzene rings is 1. The zero-order valence-electron chi connectivity index (χ0n) is 18.5. The Kier molecular flexibility index (Phi) is 6.34. The molecule has 4 N–H and O–H groups in total. The van der Waals surface area contributed by atoms with Crippen LogP contribution in [0.2, 0.25) is 5.02 Å². The number of fused-ring (bicyclic) bond motifs is 2. The number of nitrogens with one attached hydrogen (secondary N) is 2. The predicted molar refractivity (Wildman–Crippen MR) is 132 cm³/mol. The van der Waals surface area contributed by atoms with E-state index in [1.807, 2.05) is 6.07 Å². The van der Waals surface area contributed by atoms with E-state index in [2.05, 4.69) is 37.4 Å². The molecule has 1 amide bonds. The third-order valence-corrected chi connectivity index (χ3v) is 7.44. The zero-order chi connectivity index (χ0) is 24.7. The number of aromatic nitrogens is 2. The Morgan fingerprint density at radius 3 is 2.71 bits per heavy atom. The Balaban J connectivity index is 1.38. The molecule has 0 aliphatic carbocycles. The lowest BCUT2D eigenvalue weighted by molar-refractivity contribution is -0.0493. The quantitative estimate of drug-likeness (QED) is 0.403. The Bertz CT molecular complexity index is 1250. The van der Waals surface area contributed by atoms with Gasteiger partial charge in [0.05, 0.1) is 17.6 Å². The fraction of sp³-hybridized carbons (Fsp3) is 0.318. The SMILES string of the molecule is CN1C2CC1CN(c1ccc(Nc3ncc(Cl)c(Nc4ccsc4C(N)=O)n3)c(OC(F)F)c1)C2. The number of nitrogens with two attached hydrogens (primary N) is 1. The lowest BCUT2D eigenvalue weighted by Gasteiger charge is -2.55. The Morgan fingerprint density at radius 2 is 2.03 bits per heavy atom. The molecule has 0 radical (unpaired) electrons. The van der Waals surface area contributed by atoms with Gasteiger partial charge < -0.3 is 26.0 Å². The number of thiophene rings is 1. The van der Waals surface area contributed by atoms with Crippen LogP contribution in [-0.4, -0.2) is 59.6 Å². The second kappa shape index (κ2) is 9.44. The number of hydrogen-bond acceptors (Lipinski definition) is 9. The van der Waals surface area contributed by atoms with Gasteiger partial charge in [0.25, 0.3) is 5.91 Å². The minimum atomic E-state index is -3.00. The molecule has 3 aliphatic rings. The number of anilines is 5. The van der Waals surface area contributed by atoms with Crippen LogP contribution in [0, 0.1) is 0 Å². The van der Waals surface area contributed by atoms with Gasteiger partial charge in [-0.15, -0.1) is 11.3 Å². The summed E-state index contributed by atoms with van der Waals surface area (Å²) >= 11 is 7.40. The van der Waals surface area contributed by atoms with Gasteiger partial charge in [-0.05, 0) is 37.0 Å². The van der Waals surface area contributed by atoms with E-state index in [4.69, 9.17) is 22.1 Å². The summed E-state index contributed by atoms with van der Waals surface area (Å²) in [7, 11) is 2.11. The highest BCUT2D eigenvalue weighted by atomic mass is 35.5. The fourth-order valence-corrected chi connectivity index (χ4v) is 5.21. The van der Waals surface area contributed by atoms with E-state index < -0.39 is 12.5 Å². The number of nitrogens with zero attached hydrogens (tertiary/aromatic N) is 4. The number of primary amides is 1. The molecule has 0 spiro atoms. The second-order valence-electron chi connectivity index (χ2n) is 8.34. The largest absolute Gasteiger partial charge is 0.433 e. The number of ether oxygens (including phenoxy) is 1. The molecule has 1 aromatic carbocycles. The van der Waals surface area contributed by atoms with Crippen LogP contribution < -0.4 is 26.0 Å². The minimum absolute atomic E-state index is 0.0213. The van der Waals surface area contributed by atoms with Crippen LogP contribution in [0.1, 0.15) is 16.1 Å². The second-order valence-corrected chi connectivity index (χ2v) is 9.66. The van der Waals surface area contributed by atoms with E-state index in [0.717, 1.165) is 25.2 Å². The number of amides is 1. The van der Waals surface area contributed by atoms with E-state index in [1.165, 1.54) is 17.5 Å². The number of likely N-dealkylation sites (N-methyl/N-ethyl adjacent to an activating group) is 1. The molecular formula is C22H22ClF2N7O2S. The van der Waals surface area contributed by atoms with Crippen LogP contribution in [0.4, 0.5) is 37.6 Å². The van der Waals surface area contributed by atoms with Crippen molar-refractivity contribution >= 4 is 57.7 Å². The first-order chi connectivity index (χ1) is 16.8. The van der Waals surface area contributed by atoms with Gasteiger partial charge in [0.2, 0.25) is 5.95 Å². The average Bonchev–Trinajstić information content (AvgIpc) is 3.30. The Labute approximate surface area is 208 Å². The van der Waals surface area contributed by atoms with Gasteiger partial charge in [-0.2, -0.15) is 13.8 Å². The van der Waals surface area contributed by atoms with E-state index in [9.17, 15) is 13.6 Å². The van der Waals surface area contributed by atoms with Crippen molar-refractivity contribution in [3.8, 4) is 5.75 Å². The molecule has 5 heterocycles. The number of alkyl halides is 2. The van der Waals surface area contributed by atoms with Crippen molar-refractivity contribution < 1.29 is 18.3 Å². The molecule has 3 aromatic rings. The summed E-state index contributed by atoms with van der Waals surface area (Å²) in [5.74, 6) is -0.292. The van der Waals surface area contributed by atoms with E-state index >= 15 is 0 Å². The molecule has 0 saturated carbocycles. The number of piperidine rings is 1. The lowest BCUT2D eigenvalue weighted by atomic mass is 9.88. The smallest absolute Gasteiger partial charge is 0.387 e. The third-order valence-electron chi connectivity index (χ3n) is 6.24. The topological polar surface area (TPSA) is 109 Å².